The SMILES string of the molecule is N#C/C(=C/c1ccc(OCc2ccccc2)c(C(=O)O)c1)C(=O)Nc1cccc(Cl)c1. The number of carbonyl (C=O) groups excluding carboxylic acids is 1. The fraction of sp³-hybridized carbons (Fsp3) is 0.0417. The van der Waals surface area contributed by atoms with E-state index in [1.54, 1.807) is 30.3 Å². The van der Waals surface area contributed by atoms with Crippen LogP contribution in [0.3, 0.4) is 0 Å². The van der Waals surface area contributed by atoms with Crippen molar-refractivity contribution in [1.29, 1.82) is 5.26 Å². The lowest BCUT2D eigenvalue weighted by molar-refractivity contribution is -0.112. The predicted molar refractivity (Wildman–Crippen MR) is 118 cm³/mol. The van der Waals surface area contributed by atoms with Crippen LogP contribution < -0.4 is 10.1 Å². The van der Waals surface area contributed by atoms with Crippen LogP contribution in [0.15, 0.2) is 78.4 Å². The molecule has 0 radical (unpaired) electrons. The van der Waals surface area contributed by atoms with E-state index in [0.717, 1.165) is 5.56 Å². The molecule has 0 saturated carbocycles. The molecule has 0 aromatic heterocycles. The minimum Gasteiger partial charge on any atom is -0.488 e. The molecule has 3 aromatic rings. The second-order valence-electron chi connectivity index (χ2n) is 6.47. The van der Waals surface area contributed by atoms with E-state index in [1.165, 1.54) is 18.2 Å². The molecule has 6 nitrogen and oxygen atoms in total. The Kier molecular flexibility index (Phi) is 7.05. The quantitative estimate of drug-likeness (QED) is 0.396. The molecule has 7 heteroatoms. The lowest BCUT2D eigenvalue weighted by Crippen LogP contribution is -2.13. The highest BCUT2D eigenvalue weighted by molar-refractivity contribution is 6.31. The molecule has 0 aliphatic carbocycles. The molecule has 0 aliphatic rings. The number of nitrogens with zero attached hydrogens (tertiary/aromatic N) is 1. The summed E-state index contributed by atoms with van der Waals surface area (Å²) in [6, 6.07) is 22.1. The van der Waals surface area contributed by atoms with Crippen LogP contribution in [0.4, 0.5) is 5.69 Å². The number of amides is 1. The maximum absolute atomic E-state index is 12.4. The van der Waals surface area contributed by atoms with Gasteiger partial charge in [-0.1, -0.05) is 54.1 Å². The number of hydrogen-bond acceptors (Lipinski definition) is 4. The Balaban J connectivity index is 1.81. The smallest absolute Gasteiger partial charge is 0.339 e. The van der Waals surface area contributed by atoms with Crippen molar-refractivity contribution in [3.63, 3.8) is 0 Å². The van der Waals surface area contributed by atoms with E-state index in [2.05, 4.69) is 5.32 Å². The van der Waals surface area contributed by atoms with Gasteiger partial charge in [0.2, 0.25) is 0 Å². The maximum atomic E-state index is 12.4. The topological polar surface area (TPSA) is 99.4 Å². The molecule has 31 heavy (non-hydrogen) atoms. The van der Waals surface area contributed by atoms with Gasteiger partial charge in [-0.2, -0.15) is 5.26 Å². The fourth-order valence-corrected chi connectivity index (χ4v) is 2.94. The highest BCUT2D eigenvalue weighted by Crippen LogP contribution is 2.23. The molecule has 0 heterocycles. The minimum atomic E-state index is -1.18. The van der Waals surface area contributed by atoms with Crippen molar-refractivity contribution in [2.45, 2.75) is 6.61 Å². The molecule has 3 aromatic carbocycles. The van der Waals surface area contributed by atoms with Crippen molar-refractivity contribution in [2.75, 3.05) is 5.32 Å². The highest BCUT2D eigenvalue weighted by atomic mass is 35.5. The Bertz CT molecular complexity index is 1180. The first-order valence-electron chi connectivity index (χ1n) is 9.19. The number of benzene rings is 3. The van der Waals surface area contributed by atoms with E-state index in [9.17, 15) is 20.0 Å². The lowest BCUT2D eigenvalue weighted by Gasteiger charge is -2.10. The zero-order chi connectivity index (χ0) is 22.2. The molecule has 0 atom stereocenters. The number of ether oxygens (including phenoxy) is 1. The molecule has 0 saturated heterocycles. The molecule has 3 rings (SSSR count). The molecular formula is C24H17ClN2O4. The average molecular weight is 433 g/mol. The van der Waals surface area contributed by atoms with E-state index in [-0.39, 0.29) is 23.5 Å². The number of anilines is 1. The van der Waals surface area contributed by atoms with Gasteiger partial charge >= 0.3 is 5.97 Å². The van der Waals surface area contributed by atoms with Crippen molar-refractivity contribution in [2.24, 2.45) is 0 Å². The first-order valence-corrected chi connectivity index (χ1v) is 9.57. The molecule has 0 unspecified atom stereocenters. The second-order valence-corrected chi connectivity index (χ2v) is 6.91. The molecule has 0 fully saturated rings. The predicted octanol–water partition coefficient (Wildman–Crippen LogP) is 5.16. The Labute approximate surface area is 184 Å². The molecule has 2 N–H and O–H groups in total. The summed E-state index contributed by atoms with van der Waals surface area (Å²) in [5.74, 6) is -1.62. The number of carbonyl (C=O) groups is 2. The summed E-state index contributed by atoms with van der Waals surface area (Å²) in [6.07, 6.45) is 1.31. The van der Waals surface area contributed by atoms with Crippen LogP contribution in [0.2, 0.25) is 5.02 Å². The van der Waals surface area contributed by atoms with Gasteiger partial charge in [-0.3, -0.25) is 4.79 Å². The van der Waals surface area contributed by atoms with Gasteiger partial charge in [0.05, 0.1) is 0 Å². The number of carboxylic acid groups (broad SMARTS) is 1. The summed E-state index contributed by atoms with van der Waals surface area (Å²) in [6.45, 7) is 0.210. The van der Waals surface area contributed by atoms with Gasteiger partial charge in [0, 0.05) is 10.7 Å². The summed E-state index contributed by atoms with van der Waals surface area (Å²) in [4.78, 5) is 24.1. The van der Waals surface area contributed by atoms with Crippen LogP contribution in [0.5, 0.6) is 5.75 Å². The second kappa shape index (κ2) is 10.1. The summed E-state index contributed by atoms with van der Waals surface area (Å²) in [5.41, 5.74) is 1.45. The lowest BCUT2D eigenvalue weighted by atomic mass is 10.1. The monoisotopic (exact) mass is 432 g/mol. The zero-order valence-corrected chi connectivity index (χ0v) is 17.0. The van der Waals surface area contributed by atoms with Crippen LogP contribution in [-0.2, 0) is 11.4 Å². The first-order chi connectivity index (χ1) is 15.0. The average Bonchev–Trinajstić information content (AvgIpc) is 2.77. The van der Waals surface area contributed by atoms with Gasteiger partial charge in [0.15, 0.2) is 0 Å². The van der Waals surface area contributed by atoms with Crippen molar-refractivity contribution in [3.8, 4) is 11.8 Å². The summed E-state index contributed by atoms with van der Waals surface area (Å²) >= 11 is 5.90. The van der Waals surface area contributed by atoms with Crippen LogP contribution in [0.1, 0.15) is 21.5 Å². The Morgan fingerprint density at radius 2 is 1.84 bits per heavy atom. The summed E-state index contributed by atoms with van der Waals surface area (Å²) in [7, 11) is 0. The Morgan fingerprint density at radius 1 is 1.06 bits per heavy atom. The number of aromatic carboxylic acids is 1. The number of nitriles is 1. The number of carboxylic acids is 1. The number of halogens is 1. The van der Waals surface area contributed by atoms with Crippen molar-refractivity contribution >= 4 is 35.2 Å². The third-order valence-electron chi connectivity index (χ3n) is 4.23. The van der Waals surface area contributed by atoms with Crippen LogP contribution in [0.25, 0.3) is 6.08 Å². The molecule has 0 bridgehead atoms. The summed E-state index contributed by atoms with van der Waals surface area (Å²) < 4.78 is 5.65. The molecular weight excluding hydrogens is 416 g/mol. The Morgan fingerprint density at radius 3 is 2.52 bits per heavy atom. The first kappa shape index (κ1) is 21.6. The van der Waals surface area contributed by atoms with Gasteiger partial charge in [-0.05, 0) is 47.5 Å². The van der Waals surface area contributed by atoms with Crippen LogP contribution >= 0.6 is 11.6 Å². The molecule has 1 amide bonds. The molecule has 154 valence electrons. The van der Waals surface area contributed by atoms with Crippen molar-refractivity contribution in [1.82, 2.24) is 0 Å². The van der Waals surface area contributed by atoms with Crippen molar-refractivity contribution in [3.05, 3.63) is 100 Å². The Hall–Kier alpha value is -4.08. The van der Waals surface area contributed by atoms with Gasteiger partial charge in [0.25, 0.3) is 5.91 Å². The molecule has 0 spiro atoms. The minimum absolute atomic E-state index is 0.0720. The van der Waals surface area contributed by atoms with Crippen LogP contribution in [0, 0.1) is 11.3 Å². The van der Waals surface area contributed by atoms with E-state index in [4.69, 9.17) is 16.3 Å². The number of nitrogens with one attached hydrogen (secondary N) is 1. The maximum Gasteiger partial charge on any atom is 0.339 e. The van der Waals surface area contributed by atoms with Gasteiger partial charge in [0.1, 0.15) is 29.6 Å². The normalized spacial score (nSPS) is 10.8. The van der Waals surface area contributed by atoms with Gasteiger partial charge in [-0.25, -0.2) is 4.79 Å². The standard InChI is InChI=1S/C24H17ClN2O4/c25-19-7-4-8-20(13-19)27-23(28)18(14-26)11-17-9-10-22(21(12-17)24(29)30)31-15-16-5-2-1-3-6-16/h1-13H,15H2,(H,27,28)(H,29,30)/b18-11-. The zero-order valence-electron chi connectivity index (χ0n) is 16.2. The summed E-state index contributed by atoms with van der Waals surface area (Å²) in [5, 5.41) is 22.0. The van der Waals surface area contributed by atoms with Gasteiger partial charge < -0.3 is 15.2 Å². The van der Waals surface area contributed by atoms with E-state index < -0.39 is 11.9 Å². The van der Waals surface area contributed by atoms with E-state index in [0.29, 0.717) is 16.3 Å². The van der Waals surface area contributed by atoms with Crippen molar-refractivity contribution < 1.29 is 19.4 Å². The van der Waals surface area contributed by atoms with E-state index >= 15 is 0 Å². The third kappa shape index (κ3) is 5.95. The number of rotatable bonds is 7. The third-order valence-corrected chi connectivity index (χ3v) is 4.46. The molecule has 0 aliphatic heterocycles. The van der Waals surface area contributed by atoms with Gasteiger partial charge in [-0.15, -0.1) is 0 Å². The number of hydrogen-bond donors (Lipinski definition) is 2. The highest BCUT2D eigenvalue weighted by Gasteiger charge is 2.14. The fourth-order valence-electron chi connectivity index (χ4n) is 2.75. The van der Waals surface area contributed by atoms with Crippen LogP contribution in [-0.4, -0.2) is 17.0 Å². The van der Waals surface area contributed by atoms with E-state index in [1.807, 2.05) is 36.4 Å². The largest absolute Gasteiger partial charge is 0.488 e.